The van der Waals surface area contributed by atoms with E-state index in [1.807, 2.05) is 0 Å². The van der Waals surface area contributed by atoms with Crippen molar-refractivity contribution in [2.45, 2.75) is 39.3 Å². The van der Waals surface area contributed by atoms with E-state index in [2.05, 4.69) is 43.0 Å². The van der Waals surface area contributed by atoms with Crippen LogP contribution in [0.3, 0.4) is 0 Å². The molecule has 0 saturated carbocycles. The molecule has 1 aliphatic heterocycles. The van der Waals surface area contributed by atoms with E-state index in [-0.39, 0.29) is 0 Å². The van der Waals surface area contributed by atoms with Crippen LogP contribution in [-0.4, -0.2) is 24.0 Å². The Morgan fingerprint density at radius 2 is 1.88 bits per heavy atom. The summed E-state index contributed by atoms with van der Waals surface area (Å²) in [5.41, 5.74) is 8.61. The van der Waals surface area contributed by atoms with Crippen LogP contribution in [0.15, 0.2) is 24.3 Å². The minimum Gasteiger partial charge on any atom is -0.330 e. The second-order valence-electron chi connectivity index (χ2n) is 5.29. The fourth-order valence-corrected chi connectivity index (χ4v) is 2.72. The summed E-state index contributed by atoms with van der Waals surface area (Å²) in [5, 5.41) is 0. The van der Waals surface area contributed by atoms with Gasteiger partial charge in [0.15, 0.2) is 0 Å². The van der Waals surface area contributed by atoms with Crippen molar-refractivity contribution in [1.82, 2.24) is 4.90 Å². The molecule has 1 fully saturated rings. The zero-order valence-corrected chi connectivity index (χ0v) is 11.0. The molecule has 1 heterocycles. The Balaban J connectivity index is 1.96. The van der Waals surface area contributed by atoms with Gasteiger partial charge in [0.05, 0.1) is 0 Å². The van der Waals surface area contributed by atoms with Gasteiger partial charge in [0.25, 0.3) is 0 Å². The van der Waals surface area contributed by atoms with Crippen LogP contribution in [0.1, 0.15) is 31.4 Å². The SMILES string of the molecule is CCc1ccc(CN2CC(CN)CC2C)cc1. The molecule has 0 radical (unpaired) electrons. The lowest BCUT2D eigenvalue weighted by atomic mass is 10.1. The Morgan fingerprint density at radius 3 is 2.41 bits per heavy atom. The number of hydrogen-bond acceptors (Lipinski definition) is 2. The van der Waals surface area contributed by atoms with E-state index < -0.39 is 0 Å². The van der Waals surface area contributed by atoms with Gasteiger partial charge in [-0.3, -0.25) is 4.90 Å². The molecule has 2 unspecified atom stereocenters. The summed E-state index contributed by atoms with van der Waals surface area (Å²) in [6.45, 7) is 7.57. The van der Waals surface area contributed by atoms with Crippen LogP contribution < -0.4 is 5.73 Å². The van der Waals surface area contributed by atoms with Crippen LogP contribution in [0.4, 0.5) is 0 Å². The lowest BCUT2D eigenvalue weighted by Gasteiger charge is -2.21. The maximum Gasteiger partial charge on any atom is 0.0236 e. The second kappa shape index (κ2) is 5.65. The van der Waals surface area contributed by atoms with E-state index >= 15 is 0 Å². The smallest absolute Gasteiger partial charge is 0.0236 e. The second-order valence-corrected chi connectivity index (χ2v) is 5.29. The third-order valence-corrected chi connectivity index (χ3v) is 3.94. The minimum atomic E-state index is 0.675. The van der Waals surface area contributed by atoms with Gasteiger partial charge in [-0.2, -0.15) is 0 Å². The van der Waals surface area contributed by atoms with Crippen LogP contribution in [0.2, 0.25) is 0 Å². The molecule has 2 heteroatoms. The highest BCUT2D eigenvalue weighted by atomic mass is 15.2. The Hall–Kier alpha value is -0.860. The fraction of sp³-hybridized carbons (Fsp3) is 0.600. The van der Waals surface area contributed by atoms with Crippen molar-refractivity contribution in [1.29, 1.82) is 0 Å². The maximum absolute atomic E-state index is 5.76. The molecule has 2 atom stereocenters. The molecule has 0 aromatic heterocycles. The molecular formula is C15H24N2. The van der Waals surface area contributed by atoms with Gasteiger partial charge in [0, 0.05) is 19.1 Å². The van der Waals surface area contributed by atoms with Gasteiger partial charge < -0.3 is 5.73 Å². The molecule has 0 spiro atoms. The molecule has 17 heavy (non-hydrogen) atoms. The first-order valence-electron chi connectivity index (χ1n) is 6.74. The third kappa shape index (κ3) is 3.08. The van der Waals surface area contributed by atoms with Gasteiger partial charge in [-0.1, -0.05) is 31.2 Å². The number of benzene rings is 1. The van der Waals surface area contributed by atoms with E-state index in [1.54, 1.807) is 0 Å². The van der Waals surface area contributed by atoms with Crippen molar-refractivity contribution in [2.24, 2.45) is 11.7 Å². The number of nitrogens with zero attached hydrogens (tertiary/aromatic N) is 1. The van der Waals surface area contributed by atoms with Gasteiger partial charge in [-0.05, 0) is 43.4 Å². The van der Waals surface area contributed by atoms with E-state index in [0.717, 1.165) is 26.1 Å². The highest BCUT2D eigenvalue weighted by Gasteiger charge is 2.27. The highest BCUT2D eigenvalue weighted by Crippen LogP contribution is 2.24. The van der Waals surface area contributed by atoms with Crippen molar-refractivity contribution >= 4 is 0 Å². The summed E-state index contributed by atoms with van der Waals surface area (Å²) in [6, 6.07) is 9.70. The topological polar surface area (TPSA) is 29.3 Å². The van der Waals surface area contributed by atoms with Crippen LogP contribution in [0, 0.1) is 5.92 Å². The first kappa shape index (κ1) is 12.6. The highest BCUT2D eigenvalue weighted by molar-refractivity contribution is 5.22. The molecular weight excluding hydrogens is 208 g/mol. The first-order chi connectivity index (χ1) is 8.22. The summed E-state index contributed by atoms with van der Waals surface area (Å²) >= 11 is 0. The predicted molar refractivity (Wildman–Crippen MR) is 72.9 cm³/mol. The van der Waals surface area contributed by atoms with E-state index in [9.17, 15) is 0 Å². The zero-order valence-electron chi connectivity index (χ0n) is 11.0. The first-order valence-corrected chi connectivity index (χ1v) is 6.74. The number of nitrogens with two attached hydrogens (primary N) is 1. The summed E-state index contributed by atoms with van der Waals surface area (Å²) in [4.78, 5) is 2.55. The number of likely N-dealkylation sites (tertiary alicyclic amines) is 1. The van der Waals surface area contributed by atoms with Crippen molar-refractivity contribution in [2.75, 3.05) is 13.1 Å². The lowest BCUT2D eigenvalue weighted by molar-refractivity contribution is 0.256. The monoisotopic (exact) mass is 232 g/mol. The Labute approximate surface area is 105 Å². The molecule has 0 bridgehead atoms. The molecule has 1 aliphatic rings. The number of hydrogen-bond donors (Lipinski definition) is 1. The average molecular weight is 232 g/mol. The molecule has 1 saturated heterocycles. The van der Waals surface area contributed by atoms with E-state index in [4.69, 9.17) is 5.73 Å². The lowest BCUT2D eigenvalue weighted by Crippen LogP contribution is -2.27. The molecule has 1 aromatic carbocycles. The average Bonchev–Trinajstić information content (AvgIpc) is 2.71. The molecule has 2 N–H and O–H groups in total. The van der Waals surface area contributed by atoms with Gasteiger partial charge in [-0.15, -0.1) is 0 Å². The number of aryl methyl sites for hydroxylation is 1. The molecule has 94 valence electrons. The molecule has 2 rings (SSSR count). The van der Waals surface area contributed by atoms with Gasteiger partial charge >= 0.3 is 0 Å². The normalized spacial score (nSPS) is 25.4. The van der Waals surface area contributed by atoms with Gasteiger partial charge in [0.1, 0.15) is 0 Å². The summed E-state index contributed by atoms with van der Waals surface area (Å²) in [7, 11) is 0. The van der Waals surface area contributed by atoms with Gasteiger partial charge in [0.2, 0.25) is 0 Å². The molecule has 0 amide bonds. The van der Waals surface area contributed by atoms with Crippen molar-refractivity contribution < 1.29 is 0 Å². The van der Waals surface area contributed by atoms with Crippen LogP contribution in [0.25, 0.3) is 0 Å². The minimum absolute atomic E-state index is 0.675. The third-order valence-electron chi connectivity index (χ3n) is 3.94. The quantitative estimate of drug-likeness (QED) is 0.864. The maximum atomic E-state index is 5.76. The van der Waals surface area contributed by atoms with E-state index in [0.29, 0.717) is 12.0 Å². The predicted octanol–water partition coefficient (Wildman–Crippen LogP) is 2.42. The summed E-state index contributed by atoms with van der Waals surface area (Å²) < 4.78 is 0. The van der Waals surface area contributed by atoms with Crippen LogP contribution in [0.5, 0.6) is 0 Å². The standard InChI is InChI=1S/C15H24N2/c1-3-13-4-6-14(7-5-13)10-17-11-15(9-16)8-12(17)2/h4-7,12,15H,3,8-11,16H2,1-2H3. The molecule has 1 aromatic rings. The van der Waals surface area contributed by atoms with E-state index in [1.165, 1.54) is 17.5 Å². The molecule has 2 nitrogen and oxygen atoms in total. The van der Waals surface area contributed by atoms with Crippen molar-refractivity contribution in [3.8, 4) is 0 Å². The van der Waals surface area contributed by atoms with Gasteiger partial charge in [-0.25, -0.2) is 0 Å². The summed E-state index contributed by atoms with van der Waals surface area (Å²) in [6.07, 6.45) is 2.37. The van der Waals surface area contributed by atoms with Crippen LogP contribution in [-0.2, 0) is 13.0 Å². The largest absolute Gasteiger partial charge is 0.330 e. The number of rotatable bonds is 4. The van der Waals surface area contributed by atoms with Crippen molar-refractivity contribution in [3.05, 3.63) is 35.4 Å². The summed E-state index contributed by atoms with van der Waals surface area (Å²) in [5.74, 6) is 0.694. The fourth-order valence-electron chi connectivity index (χ4n) is 2.72. The van der Waals surface area contributed by atoms with Crippen LogP contribution >= 0.6 is 0 Å². The van der Waals surface area contributed by atoms with Crippen molar-refractivity contribution in [3.63, 3.8) is 0 Å². The molecule has 0 aliphatic carbocycles. The Morgan fingerprint density at radius 1 is 1.24 bits per heavy atom. The Bertz CT molecular complexity index is 344. The zero-order chi connectivity index (χ0) is 12.3. The Kier molecular flexibility index (Phi) is 4.19.